The number of rotatable bonds is 4. The van der Waals surface area contributed by atoms with Gasteiger partial charge in [0, 0.05) is 6.04 Å². The highest BCUT2D eigenvalue weighted by atomic mass is 32.2. The second kappa shape index (κ2) is 6.37. The predicted molar refractivity (Wildman–Crippen MR) is 101 cm³/mol. The van der Waals surface area contributed by atoms with Gasteiger partial charge >= 0.3 is 0 Å². The summed E-state index contributed by atoms with van der Waals surface area (Å²) in [5.41, 5.74) is 2.22. The lowest BCUT2D eigenvalue weighted by molar-refractivity contribution is 0.584. The van der Waals surface area contributed by atoms with Crippen LogP contribution in [0.15, 0.2) is 52.3 Å². The molecular weight excluding hydrogens is 372 g/mol. The summed E-state index contributed by atoms with van der Waals surface area (Å²) in [6, 6.07) is 10.9. The fourth-order valence-electron chi connectivity index (χ4n) is 3.26. The van der Waals surface area contributed by atoms with Gasteiger partial charge in [-0.3, -0.25) is 4.31 Å². The third-order valence-electron chi connectivity index (χ3n) is 4.64. The van der Waals surface area contributed by atoms with Gasteiger partial charge in [0.2, 0.25) is 10.0 Å². The van der Waals surface area contributed by atoms with E-state index in [1.165, 1.54) is 22.5 Å². The number of anilines is 1. The van der Waals surface area contributed by atoms with Crippen LogP contribution in [0.3, 0.4) is 0 Å². The van der Waals surface area contributed by atoms with Crippen LogP contribution in [0.2, 0.25) is 0 Å². The number of nitrogens with two attached hydrogens (primary N) is 1. The third kappa shape index (κ3) is 3.24. The number of hydrogen-bond donors (Lipinski definition) is 1. The predicted octanol–water partition coefficient (Wildman–Crippen LogP) is 2.60. The van der Waals surface area contributed by atoms with E-state index >= 15 is 0 Å². The van der Waals surface area contributed by atoms with Gasteiger partial charge in [0.25, 0.3) is 10.0 Å². The van der Waals surface area contributed by atoms with E-state index in [9.17, 15) is 16.8 Å². The lowest BCUT2D eigenvalue weighted by atomic mass is 10.0. The lowest BCUT2D eigenvalue weighted by Gasteiger charge is -2.24. The van der Waals surface area contributed by atoms with Gasteiger partial charge in [-0.1, -0.05) is 26.0 Å². The van der Waals surface area contributed by atoms with E-state index in [0.29, 0.717) is 23.6 Å². The molecule has 8 heteroatoms. The number of primary sulfonamides is 1. The first-order valence-corrected chi connectivity index (χ1v) is 11.3. The Morgan fingerprint density at radius 2 is 1.58 bits per heavy atom. The summed E-state index contributed by atoms with van der Waals surface area (Å²) < 4.78 is 50.8. The summed E-state index contributed by atoms with van der Waals surface area (Å²) in [4.78, 5) is 0.209. The molecule has 1 heterocycles. The van der Waals surface area contributed by atoms with Crippen molar-refractivity contribution in [3.63, 3.8) is 0 Å². The Bertz CT molecular complexity index is 1040. The molecule has 2 aromatic carbocycles. The van der Waals surface area contributed by atoms with Crippen molar-refractivity contribution >= 4 is 25.7 Å². The van der Waals surface area contributed by atoms with Crippen molar-refractivity contribution < 1.29 is 16.8 Å². The van der Waals surface area contributed by atoms with Crippen LogP contribution in [0.4, 0.5) is 5.69 Å². The van der Waals surface area contributed by atoms with Gasteiger partial charge in [0.1, 0.15) is 0 Å². The molecule has 0 saturated carbocycles. The van der Waals surface area contributed by atoms with Gasteiger partial charge in [0.05, 0.1) is 15.5 Å². The fourth-order valence-corrected chi connectivity index (χ4v) is 5.52. The maximum absolute atomic E-state index is 13.2. The Labute approximate surface area is 154 Å². The van der Waals surface area contributed by atoms with Crippen molar-refractivity contribution in [1.29, 1.82) is 0 Å². The van der Waals surface area contributed by atoms with Crippen LogP contribution in [-0.4, -0.2) is 22.9 Å². The molecule has 26 heavy (non-hydrogen) atoms. The molecule has 0 amide bonds. The van der Waals surface area contributed by atoms with Crippen LogP contribution in [0.5, 0.6) is 0 Å². The van der Waals surface area contributed by atoms with Gasteiger partial charge in [-0.05, 0) is 60.7 Å². The Hall–Kier alpha value is -1.90. The molecule has 0 aliphatic carbocycles. The van der Waals surface area contributed by atoms with Crippen molar-refractivity contribution in [2.24, 2.45) is 5.14 Å². The van der Waals surface area contributed by atoms with Crippen LogP contribution in [0.1, 0.15) is 37.8 Å². The molecular formula is C18H22N2O4S2. The van der Waals surface area contributed by atoms with E-state index in [0.717, 1.165) is 5.56 Å². The maximum Gasteiger partial charge on any atom is 0.264 e. The number of hydrogen-bond acceptors (Lipinski definition) is 4. The fraction of sp³-hybridized carbons (Fsp3) is 0.333. The average molecular weight is 395 g/mol. The maximum atomic E-state index is 13.2. The molecule has 1 unspecified atom stereocenters. The number of nitrogens with zero attached hydrogens (tertiary/aromatic N) is 1. The van der Waals surface area contributed by atoms with Crippen LogP contribution < -0.4 is 9.44 Å². The largest absolute Gasteiger partial charge is 0.264 e. The quantitative estimate of drug-likeness (QED) is 0.862. The first-order valence-electron chi connectivity index (χ1n) is 8.32. The van der Waals surface area contributed by atoms with Crippen molar-refractivity contribution in [2.75, 3.05) is 4.31 Å². The van der Waals surface area contributed by atoms with Gasteiger partial charge in [0.15, 0.2) is 0 Å². The van der Waals surface area contributed by atoms with E-state index in [-0.39, 0.29) is 15.8 Å². The Kier molecular flexibility index (Phi) is 4.62. The normalized spacial score (nSPS) is 17.6. The topological polar surface area (TPSA) is 97.5 Å². The van der Waals surface area contributed by atoms with E-state index in [1.807, 2.05) is 26.0 Å². The minimum absolute atomic E-state index is 0.0102. The van der Waals surface area contributed by atoms with Gasteiger partial charge < -0.3 is 0 Å². The van der Waals surface area contributed by atoms with E-state index in [1.54, 1.807) is 19.1 Å². The molecule has 140 valence electrons. The highest BCUT2D eigenvalue weighted by molar-refractivity contribution is 7.93. The van der Waals surface area contributed by atoms with E-state index < -0.39 is 20.0 Å². The first-order chi connectivity index (χ1) is 12.0. The molecule has 1 aliphatic rings. The molecule has 0 aromatic heterocycles. The van der Waals surface area contributed by atoms with Crippen molar-refractivity contribution in [2.45, 2.75) is 48.9 Å². The van der Waals surface area contributed by atoms with Crippen molar-refractivity contribution in [1.82, 2.24) is 0 Å². The number of benzene rings is 2. The second-order valence-electron chi connectivity index (χ2n) is 6.91. The van der Waals surface area contributed by atoms with Gasteiger partial charge in [-0.25, -0.2) is 22.0 Å². The Morgan fingerprint density at radius 3 is 2.12 bits per heavy atom. The van der Waals surface area contributed by atoms with Crippen molar-refractivity contribution in [3.8, 4) is 0 Å². The smallest absolute Gasteiger partial charge is 0.263 e. The monoisotopic (exact) mass is 394 g/mol. The average Bonchev–Trinajstić information content (AvgIpc) is 2.89. The summed E-state index contributed by atoms with van der Waals surface area (Å²) in [6.07, 6.45) is 0.433. The van der Waals surface area contributed by atoms with Crippen molar-refractivity contribution in [3.05, 3.63) is 53.6 Å². The SMILES string of the molecule is CC(C)c1ccc(S(=O)(=O)N2c3ccc(S(N)(=O)=O)cc3CC2C)cc1. The number of fused-ring (bicyclic) bond motifs is 1. The lowest BCUT2D eigenvalue weighted by Crippen LogP contribution is -2.35. The van der Waals surface area contributed by atoms with Gasteiger partial charge in [-0.15, -0.1) is 0 Å². The standard InChI is InChI=1S/C18H22N2O4S2/c1-12(2)14-4-6-16(7-5-14)26(23,24)20-13(3)10-15-11-17(25(19,21)22)8-9-18(15)20/h4-9,11-13H,10H2,1-3H3,(H2,19,21,22). The molecule has 0 spiro atoms. The van der Waals surface area contributed by atoms with E-state index in [2.05, 4.69) is 0 Å². The highest BCUT2D eigenvalue weighted by Crippen LogP contribution is 2.37. The Morgan fingerprint density at radius 1 is 1.00 bits per heavy atom. The minimum Gasteiger partial charge on any atom is -0.263 e. The molecule has 2 aromatic rings. The summed E-state index contributed by atoms with van der Waals surface area (Å²) in [7, 11) is -7.57. The molecule has 0 saturated heterocycles. The molecule has 1 aliphatic heterocycles. The second-order valence-corrected chi connectivity index (χ2v) is 10.3. The van der Waals surface area contributed by atoms with Gasteiger partial charge in [-0.2, -0.15) is 0 Å². The molecule has 0 bridgehead atoms. The summed E-state index contributed by atoms with van der Waals surface area (Å²) in [5, 5.41) is 5.18. The molecule has 3 rings (SSSR count). The molecule has 0 fully saturated rings. The van der Waals surface area contributed by atoms with E-state index in [4.69, 9.17) is 5.14 Å². The third-order valence-corrected chi connectivity index (χ3v) is 7.49. The molecule has 0 radical (unpaired) electrons. The van der Waals surface area contributed by atoms with Crippen LogP contribution >= 0.6 is 0 Å². The zero-order chi connectivity index (χ0) is 19.3. The highest BCUT2D eigenvalue weighted by Gasteiger charge is 2.36. The zero-order valence-corrected chi connectivity index (χ0v) is 16.5. The molecule has 1 atom stereocenters. The Balaban J connectivity index is 2.04. The first kappa shape index (κ1) is 18.9. The summed E-state index contributed by atoms with van der Waals surface area (Å²) in [6.45, 7) is 5.90. The molecule has 2 N–H and O–H groups in total. The van der Waals surface area contributed by atoms with Crippen LogP contribution in [-0.2, 0) is 26.5 Å². The van der Waals surface area contributed by atoms with Crippen LogP contribution in [0.25, 0.3) is 0 Å². The summed E-state index contributed by atoms with van der Waals surface area (Å²) in [5.74, 6) is 0.315. The minimum atomic E-state index is -3.83. The van der Waals surface area contributed by atoms with Crippen LogP contribution in [0, 0.1) is 0 Å². The summed E-state index contributed by atoms with van der Waals surface area (Å²) >= 11 is 0. The zero-order valence-electron chi connectivity index (χ0n) is 14.9. The molecule has 6 nitrogen and oxygen atoms in total. The number of sulfonamides is 2.